The van der Waals surface area contributed by atoms with E-state index in [1.54, 1.807) is 18.2 Å². The molecular weight excluding hydrogens is 268 g/mol. The van der Waals surface area contributed by atoms with E-state index in [-0.39, 0.29) is 24.7 Å². The van der Waals surface area contributed by atoms with E-state index < -0.39 is 18.2 Å². The van der Waals surface area contributed by atoms with Gasteiger partial charge in [0.15, 0.2) is 17.6 Å². The molecule has 20 heavy (non-hydrogen) atoms. The van der Waals surface area contributed by atoms with Crippen LogP contribution >= 0.6 is 0 Å². The van der Waals surface area contributed by atoms with Crippen LogP contribution in [-0.4, -0.2) is 56.9 Å². The van der Waals surface area contributed by atoms with E-state index in [0.717, 1.165) is 0 Å². The number of rotatable bonds is 7. The van der Waals surface area contributed by atoms with Crippen LogP contribution in [0.25, 0.3) is 6.08 Å². The highest BCUT2D eigenvalue weighted by Gasteiger charge is 2.23. The smallest absolute Gasteiger partial charge is 0.335 e. The first-order valence-electron chi connectivity index (χ1n) is 5.77. The minimum absolute atomic E-state index is 0.0883. The molecule has 2 atom stereocenters. The van der Waals surface area contributed by atoms with Crippen molar-refractivity contribution < 1.29 is 35.1 Å². The lowest BCUT2D eigenvalue weighted by Gasteiger charge is -2.13. The largest absolute Gasteiger partial charge is 0.504 e. The molecule has 0 aromatic heterocycles. The molecule has 0 fully saturated rings. The van der Waals surface area contributed by atoms with Crippen LogP contribution in [0.15, 0.2) is 24.3 Å². The van der Waals surface area contributed by atoms with Crippen LogP contribution in [0.3, 0.4) is 0 Å². The summed E-state index contributed by atoms with van der Waals surface area (Å²) in [5, 5.41) is 45.0. The van der Waals surface area contributed by atoms with Gasteiger partial charge in [0, 0.05) is 0 Å². The second kappa shape index (κ2) is 7.49. The summed E-state index contributed by atoms with van der Waals surface area (Å²) >= 11 is 0. The van der Waals surface area contributed by atoms with E-state index in [2.05, 4.69) is 0 Å². The molecule has 0 aliphatic rings. The first kappa shape index (κ1) is 16.0. The molecule has 0 saturated heterocycles. The molecule has 0 heterocycles. The van der Waals surface area contributed by atoms with Gasteiger partial charge < -0.3 is 30.3 Å². The number of aliphatic hydroxyl groups is 2. The van der Waals surface area contributed by atoms with Crippen LogP contribution in [0.2, 0.25) is 0 Å². The Bertz CT molecular complexity index is 484. The Hall–Kier alpha value is -2.09. The van der Waals surface area contributed by atoms with Gasteiger partial charge in [-0.05, 0) is 17.7 Å². The fourth-order valence-corrected chi connectivity index (χ4v) is 1.34. The Morgan fingerprint density at radius 2 is 1.95 bits per heavy atom. The van der Waals surface area contributed by atoms with Crippen LogP contribution in [0, 0.1) is 0 Å². The number of ether oxygens (including phenoxy) is 1. The molecule has 1 rings (SSSR count). The summed E-state index contributed by atoms with van der Waals surface area (Å²) in [6.07, 6.45) is -0.197. The van der Waals surface area contributed by atoms with Crippen LogP contribution in [0.1, 0.15) is 5.56 Å². The Kier molecular flexibility index (Phi) is 5.98. The number of phenolic OH excluding ortho intramolecular Hbond substituents is 2. The van der Waals surface area contributed by atoms with Gasteiger partial charge in [-0.2, -0.15) is 0 Å². The van der Waals surface area contributed by atoms with E-state index in [0.29, 0.717) is 5.56 Å². The number of benzene rings is 1. The predicted molar refractivity (Wildman–Crippen MR) is 69.3 cm³/mol. The standard InChI is InChI=1S/C13H16O7/c14-9-4-3-8(6-10(9)15)2-1-5-20-7-11(16)12(17)13(18)19/h1-4,6,11-12,14-17H,5,7H2,(H,18,19)/b2-1+/t11-,12+/m1/s1. The van der Waals surface area contributed by atoms with Crippen molar-refractivity contribution >= 4 is 12.0 Å². The molecular formula is C13H16O7. The van der Waals surface area contributed by atoms with Crippen molar-refractivity contribution in [3.8, 4) is 11.5 Å². The first-order valence-corrected chi connectivity index (χ1v) is 5.77. The predicted octanol–water partition coefficient (Wildman–Crippen LogP) is -0.0660. The lowest BCUT2D eigenvalue weighted by molar-refractivity contribution is -0.155. The van der Waals surface area contributed by atoms with Gasteiger partial charge in [-0.15, -0.1) is 0 Å². The summed E-state index contributed by atoms with van der Waals surface area (Å²) in [5.41, 5.74) is 0.634. The Labute approximate surface area is 115 Å². The van der Waals surface area contributed by atoms with E-state index in [1.165, 1.54) is 12.1 Å². The van der Waals surface area contributed by atoms with Gasteiger partial charge >= 0.3 is 5.97 Å². The summed E-state index contributed by atoms with van der Waals surface area (Å²) < 4.78 is 4.97. The maximum Gasteiger partial charge on any atom is 0.335 e. The topological polar surface area (TPSA) is 127 Å². The Morgan fingerprint density at radius 1 is 1.25 bits per heavy atom. The quantitative estimate of drug-likeness (QED) is 0.350. The van der Waals surface area contributed by atoms with Crippen molar-refractivity contribution in [2.75, 3.05) is 13.2 Å². The molecule has 0 aliphatic heterocycles. The van der Waals surface area contributed by atoms with E-state index in [1.807, 2.05) is 0 Å². The number of carboxylic acid groups (broad SMARTS) is 1. The highest BCUT2D eigenvalue weighted by atomic mass is 16.5. The molecule has 5 N–H and O–H groups in total. The molecule has 1 aromatic rings. The fraction of sp³-hybridized carbons (Fsp3) is 0.308. The minimum Gasteiger partial charge on any atom is -0.504 e. The van der Waals surface area contributed by atoms with Crippen LogP contribution in [0.4, 0.5) is 0 Å². The summed E-state index contributed by atoms with van der Waals surface area (Å²) in [4.78, 5) is 10.4. The van der Waals surface area contributed by atoms with Crippen molar-refractivity contribution in [1.29, 1.82) is 0 Å². The highest BCUT2D eigenvalue weighted by molar-refractivity contribution is 5.72. The van der Waals surface area contributed by atoms with Gasteiger partial charge in [0.1, 0.15) is 6.10 Å². The van der Waals surface area contributed by atoms with Crippen molar-refractivity contribution in [1.82, 2.24) is 0 Å². The Balaban J connectivity index is 2.35. The molecule has 0 spiro atoms. The van der Waals surface area contributed by atoms with Crippen molar-refractivity contribution in [3.63, 3.8) is 0 Å². The van der Waals surface area contributed by atoms with Gasteiger partial charge in [-0.3, -0.25) is 0 Å². The number of aliphatic carboxylic acids is 1. The zero-order chi connectivity index (χ0) is 15.1. The molecule has 0 radical (unpaired) electrons. The zero-order valence-corrected chi connectivity index (χ0v) is 10.5. The van der Waals surface area contributed by atoms with Gasteiger partial charge in [0.2, 0.25) is 0 Å². The lowest BCUT2D eigenvalue weighted by atomic mass is 10.2. The number of aliphatic hydroxyl groups excluding tert-OH is 2. The van der Waals surface area contributed by atoms with Crippen LogP contribution in [0.5, 0.6) is 11.5 Å². The minimum atomic E-state index is -1.88. The SMILES string of the molecule is O=C(O)[C@@H](O)[C@H](O)COC/C=C/c1ccc(O)c(O)c1. The Morgan fingerprint density at radius 3 is 2.55 bits per heavy atom. The van der Waals surface area contributed by atoms with Gasteiger partial charge in [0.25, 0.3) is 0 Å². The zero-order valence-electron chi connectivity index (χ0n) is 10.5. The third-order valence-corrected chi connectivity index (χ3v) is 2.43. The summed E-state index contributed by atoms with van der Waals surface area (Å²) in [5.74, 6) is -1.98. The van der Waals surface area contributed by atoms with Crippen molar-refractivity contribution in [3.05, 3.63) is 29.8 Å². The number of carboxylic acids is 1. The van der Waals surface area contributed by atoms with E-state index in [4.69, 9.17) is 20.1 Å². The lowest BCUT2D eigenvalue weighted by Crippen LogP contribution is -2.36. The molecule has 110 valence electrons. The van der Waals surface area contributed by atoms with Crippen LogP contribution < -0.4 is 0 Å². The molecule has 7 heteroatoms. The first-order chi connectivity index (χ1) is 9.41. The van der Waals surface area contributed by atoms with E-state index >= 15 is 0 Å². The summed E-state index contributed by atoms with van der Waals surface area (Å²) in [6.45, 7) is -0.232. The number of hydrogen-bond donors (Lipinski definition) is 5. The second-order valence-corrected chi connectivity index (χ2v) is 4.04. The third kappa shape index (κ3) is 4.88. The van der Waals surface area contributed by atoms with Gasteiger partial charge in [0.05, 0.1) is 13.2 Å². The maximum atomic E-state index is 10.4. The average molecular weight is 284 g/mol. The molecule has 0 saturated carbocycles. The molecule has 0 bridgehead atoms. The normalized spacial score (nSPS) is 14.3. The van der Waals surface area contributed by atoms with Crippen molar-refractivity contribution in [2.45, 2.75) is 12.2 Å². The molecule has 1 aromatic carbocycles. The van der Waals surface area contributed by atoms with Gasteiger partial charge in [-0.25, -0.2) is 4.79 Å². The third-order valence-electron chi connectivity index (χ3n) is 2.43. The summed E-state index contributed by atoms with van der Waals surface area (Å²) in [7, 11) is 0. The van der Waals surface area contributed by atoms with Crippen LogP contribution in [-0.2, 0) is 9.53 Å². The molecule has 7 nitrogen and oxygen atoms in total. The molecule has 0 unspecified atom stereocenters. The second-order valence-electron chi connectivity index (χ2n) is 4.04. The maximum absolute atomic E-state index is 10.4. The number of phenols is 2. The average Bonchev–Trinajstić information content (AvgIpc) is 2.41. The number of aromatic hydroxyl groups is 2. The van der Waals surface area contributed by atoms with Gasteiger partial charge in [-0.1, -0.05) is 18.2 Å². The molecule has 0 aliphatic carbocycles. The summed E-state index contributed by atoms with van der Waals surface area (Å²) in [6, 6.07) is 4.27. The monoisotopic (exact) mass is 284 g/mol. The van der Waals surface area contributed by atoms with Crippen molar-refractivity contribution in [2.24, 2.45) is 0 Å². The highest BCUT2D eigenvalue weighted by Crippen LogP contribution is 2.25. The molecule has 0 amide bonds. The van der Waals surface area contributed by atoms with E-state index in [9.17, 15) is 15.0 Å². The number of carbonyl (C=O) groups is 1. The fourth-order valence-electron chi connectivity index (χ4n) is 1.34. The number of hydrogen-bond acceptors (Lipinski definition) is 6.